The number of amides is 1. The predicted molar refractivity (Wildman–Crippen MR) is 287 cm³/mol. The maximum atomic E-state index is 12.4. The summed E-state index contributed by atoms with van der Waals surface area (Å²) in [6.45, 7) is 4.91. The van der Waals surface area contributed by atoms with Gasteiger partial charge in [0.05, 0.1) is 25.4 Å². The van der Waals surface area contributed by atoms with Crippen LogP contribution < -0.4 is 5.32 Å². The molecule has 0 aliphatic heterocycles. The van der Waals surface area contributed by atoms with Crippen molar-refractivity contribution in [1.82, 2.24) is 5.32 Å². The zero-order valence-electron chi connectivity index (χ0n) is 44.7. The number of aliphatic hydroxyl groups excluding tert-OH is 2. The Morgan fingerprint density at radius 1 is 0.409 bits per heavy atom. The number of hydrogen-bond donors (Lipinski definition) is 3. The van der Waals surface area contributed by atoms with E-state index in [4.69, 9.17) is 4.74 Å². The molecule has 2 unspecified atom stereocenters. The minimum atomic E-state index is -0.842. The van der Waals surface area contributed by atoms with Gasteiger partial charge in [0, 0.05) is 12.8 Å². The van der Waals surface area contributed by atoms with Crippen molar-refractivity contribution in [2.24, 2.45) is 0 Å². The summed E-state index contributed by atoms with van der Waals surface area (Å²) in [5.74, 6) is -0.0531. The van der Waals surface area contributed by atoms with Gasteiger partial charge in [0.25, 0.3) is 0 Å². The molecular formula is C60H117NO5. The fourth-order valence-electron chi connectivity index (χ4n) is 9.46. The van der Waals surface area contributed by atoms with Gasteiger partial charge in [0.15, 0.2) is 0 Å². The third-order valence-corrected chi connectivity index (χ3v) is 14.1. The van der Waals surface area contributed by atoms with Crippen LogP contribution in [0.15, 0.2) is 12.2 Å². The van der Waals surface area contributed by atoms with Crippen LogP contribution in [0.5, 0.6) is 0 Å². The van der Waals surface area contributed by atoms with Gasteiger partial charge in [0.2, 0.25) is 5.91 Å². The summed E-state index contributed by atoms with van der Waals surface area (Å²) >= 11 is 0. The van der Waals surface area contributed by atoms with Crippen LogP contribution in [0.3, 0.4) is 0 Å². The fraction of sp³-hybridized carbons (Fsp3) is 0.933. The molecule has 0 aliphatic carbocycles. The molecule has 392 valence electrons. The highest BCUT2D eigenvalue weighted by Gasteiger charge is 2.18. The van der Waals surface area contributed by atoms with Crippen LogP contribution in [0.2, 0.25) is 0 Å². The Bertz CT molecular complexity index is 986. The maximum absolute atomic E-state index is 12.4. The summed E-state index contributed by atoms with van der Waals surface area (Å²) in [5, 5.41) is 23.0. The lowest BCUT2D eigenvalue weighted by Gasteiger charge is -2.20. The molecule has 0 radical (unpaired) electrons. The molecular weight excluding hydrogens is 815 g/mol. The van der Waals surface area contributed by atoms with E-state index >= 15 is 0 Å². The molecule has 3 N–H and O–H groups in total. The number of carbonyl (C=O) groups is 2. The molecule has 66 heavy (non-hydrogen) atoms. The molecule has 0 bridgehead atoms. The Labute approximate surface area is 412 Å². The van der Waals surface area contributed by atoms with E-state index in [1.54, 1.807) is 6.08 Å². The molecule has 1 amide bonds. The quantitative estimate of drug-likeness (QED) is 0.0321. The van der Waals surface area contributed by atoms with Gasteiger partial charge in [-0.3, -0.25) is 9.59 Å². The summed E-state index contributed by atoms with van der Waals surface area (Å²) in [7, 11) is 0. The van der Waals surface area contributed by atoms with Crippen LogP contribution in [0.1, 0.15) is 335 Å². The van der Waals surface area contributed by atoms with Crippen molar-refractivity contribution in [3.05, 3.63) is 12.2 Å². The number of nitrogens with one attached hydrogen (secondary N) is 1. The average Bonchev–Trinajstić information content (AvgIpc) is 3.32. The number of hydrogen-bond acceptors (Lipinski definition) is 5. The molecule has 6 nitrogen and oxygen atoms in total. The van der Waals surface area contributed by atoms with Crippen LogP contribution in [-0.2, 0) is 14.3 Å². The van der Waals surface area contributed by atoms with Crippen molar-refractivity contribution < 1.29 is 24.5 Å². The Balaban J connectivity index is 3.36. The molecule has 0 aromatic carbocycles. The van der Waals surface area contributed by atoms with Gasteiger partial charge in [-0.2, -0.15) is 0 Å². The first-order chi connectivity index (χ1) is 32.5. The summed E-state index contributed by atoms with van der Waals surface area (Å²) in [6, 6.07) is -0.626. The van der Waals surface area contributed by atoms with Gasteiger partial charge in [-0.05, 0) is 32.1 Å². The van der Waals surface area contributed by atoms with Gasteiger partial charge in [-0.25, -0.2) is 0 Å². The van der Waals surface area contributed by atoms with E-state index in [9.17, 15) is 19.8 Å². The van der Waals surface area contributed by atoms with Crippen LogP contribution in [-0.4, -0.2) is 47.4 Å². The van der Waals surface area contributed by atoms with Crippen molar-refractivity contribution in [3.8, 4) is 0 Å². The van der Waals surface area contributed by atoms with Gasteiger partial charge >= 0.3 is 5.97 Å². The molecule has 0 rings (SSSR count). The normalized spacial score (nSPS) is 12.6. The molecule has 0 aromatic heterocycles. The summed E-state index contributed by atoms with van der Waals surface area (Å²) < 4.78 is 5.50. The SMILES string of the molecule is CCCCCCCCCCC/C=C/C(O)C(CO)NC(=O)CCCCCCCCCCCCCCCCCCCCCCCOC(=O)CCCCCCCCCCCCCCCCCCC. The highest BCUT2D eigenvalue weighted by molar-refractivity contribution is 5.76. The predicted octanol–water partition coefficient (Wildman–Crippen LogP) is 18.5. The fourth-order valence-corrected chi connectivity index (χ4v) is 9.46. The van der Waals surface area contributed by atoms with E-state index in [2.05, 4.69) is 19.2 Å². The largest absolute Gasteiger partial charge is 0.466 e. The molecule has 0 aromatic rings. The lowest BCUT2D eigenvalue weighted by atomic mass is 10.0. The van der Waals surface area contributed by atoms with E-state index < -0.39 is 12.1 Å². The van der Waals surface area contributed by atoms with Gasteiger partial charge < -0.3 is 20.3 Å². The Hall–Kier alpha value is -1.40. The molecule has 0 saturated heterocycles. The van der Waals surface area contributed by atoms with Crippen molar-refractivity contribution in [1.29, 1.82) is 0 Å². The van der Waals surface area contributed by atoms with E-state index in [0.29, 0.717) is 19.4 Å². The smallest absolute Gasteiger partial charge is 0.305 e. The molecule has 0 aliphatic rings. The topological polar surface area (TPSA) is 95.9 Å². The molecule has 6 heteroatoms. The molecule has 0 heterocycles. The summed E-state index contributed by atoms with van der Waals surface area (Å²) in [5.41, 5.74) is 0. The van der Waals surface area contributed by atoms with E-state index in [-0.39, 0.29) is 18.5 Å². The van der Waals surface area contributed by atoms with E-state index in [0.717, 1.165) is 38.5 Å². The van der Waals surface area contributed by atoms with Crippen molar-refractivity contribution in [2.75, 3.05) is 13.2 Å². The third-order valence-electron chi connectivity index (χ3n) is 14.1. The molecule has 0 saturated carbocycles. The number of rotatable bonds is 56. The monoisotopic (exact) mass is 932 g/mol. The summed E-state index contributed by atoms with van der Waals surface area (Å²) in [4.78, 5) is 24.5. The zero-order valence-corrected chi connectivity index (χ0v) is 44.7. The van der Waals surface area contributed by atoms with Gasteiger partial charge in [0.1, 0.15) is 0 Å². The second-order valence-electron chi connectivity index (χ2n) is 20.7. The maximum Gasteiger partial charge on any atom is 0.305 e. The number of carbonyl (C=O) groups excluding carboxylic acids is 2. The van der Waals surface area contributed by atoms with Crippen molar-refractivity contribution >= 4 is 11.9 Å². The molecule has 0 spiro atoms. The van der Waals surface area contributed by atoms with Crippen LogP contribution in [0.4, 0.5) is 0 Å². The van der Waals surface area contributed by atoms with Gasteiger partial charge in [-0.1, -0.05) is 302 Å². The Morgan fingerprint density at radius 2 is 0.697 bits per heavy atom. The minimum Gasteiger partial charge on any atom is -0.466 e. The third kappa shape index (κ3) is 52.0. The Morgan fingerprint density at radius 3 is 1.03 bits per heavy atom. The highest BCUT2D eigenvalue weighted by Crippen LogP contribution is 2.18. The number of esters is 1. The van der Waals surface area contributed by atoms with Crippen LogP contribution in [0.25, 0.3) is 0 Å². The van der Waals surface area contributed by atoms with Crippen LogP contribution >= 0.6 is 0 Å². The summed E-state index contributed by atoms with van der Waals surface area (Å²) in [6.07, 6.45) is 66.8. The number of ether oxygens (including phenoxy) is 1. The molecule has 0 fully saturated rings. The lowest BCUT2D eigenvalue weighted by molar-refractivity contribution is -0.143. The second kappa shape index (κ2) is 56.2. The Kier molecular flexibility index (Phi) is 55.0. The van der Waals surface area contributed by atoms with E-state index in [1.165, 1.54) is 270 Å². The van der Waals surface area contributed by atoms with Crippen LogP contribution in [0, 0.1) is 0 Å². The minimum absolute atomic E-state index is 0.0157. The number of aliphatic hydroxyl groups is 2. The highest BCUT2D eigenvalue weighted by atomic mass is 16.5. The number of allylic oxidation sites excluding steroid dienone is 1. The van der Waals surface area contributed by atoms with Crippen molar-refractivity contribution in [2.45, 2.75) is 347 Å². The standard InChI is InChI=1S/C60H117NO5/c1-3-5-7-9-11-13-15-16-17-23-27-30-34-38-42-46-50-54-60(65)66-55-51-47-43-39-35-31-28-25-22-20-18-19-21-24-26-29-33-37-41-45-49-53-59(64)61-57(56-62)58(63)52-48-44-40-36-32-14-12-10-8-6-4-2/h48,52,57-58,62-63H,3-47,49-51,53-56H2,1-2H3,(H,61,64)/b52-48+. The zero-order chi connectivity index (χ0) is 47.9. The molecule has 2 atom stereocenters. The van der Waals surface area contributed by atoms with Gasteiger partial charge in [-0.15, -0.1) is 0 Å². The first-order valence-corrected chi connectivity index (χ1v) is 30.0. The average molecular weight is 933 g/mol. The van der Waals surface area contributed by atoms with Crippen molar-refractivity contribution in [3.63, 3.8) is 0 Å². The lowest BCUT2D eigenvalue weighted by Crippen LogP contribution is -2.45. The van der Waals surface area contributed by atoms with E-state index in [1.807, 2.05) is 6.08 Å². The first kappa shape index (κ1) is 64.6. The first-order valence-electron chi connectivity index (χ1n) is 30.0. The number of unbranched alkanes of at least 4 members (excludes halogenated alkanes) is 45. The second-order valence-corrected chi connectivity index (χ2v) is 20.7.